The van der Waals surface area contributed by atoms with E-state index in [1.165, 1.54) is 11.3 Å². The summed E-state index contributed by atoms with van der Waals surface area (Å²) in [6, 6.07) is 11.0. The number of aromatic nitrogens is 1. The number of fused-ring (bicyclic) bond motifs is 2. The van der Waals surface area contributed by atoms with Crippen LogP contribution in [0.25, 0.3) is 10.9 Å². The SMILES string of the molecule is CS(=O)(=O)NCCc1ccc(C(=O)COC(=O)c2c3c(nc4ccccc24)CCCCC3)s1. The number of ketones is 1. The quantitative estimate of drug-likeness (QED) is 0.296. The van der Waals surface area contributed by atoms with E-state index < -0.39 is 16.0 Å². The van der Waals surface area contributed by atoms with E-state index in [0.29, 0.717) is 16.9 Å². The molecule has 0 atom stereocenters. The second kappa shape index (κ2) is 10.1. The molecule has 3 aromatic rings. The van der Waals surface area contributed by atoms with Crippen LogP contribution in [-0.2, 0) is 34.0 Å². The predicted octanol–water partition coefficient (Wildman–Crippen LogP) is 3.70. The number of ether oxygens (including phenoxy) is 1. The van der Waals surface area contributed by atoms with E-state index in [0.717, 1.165) is 65.4 Å². The van der Waals surface area contributed by atoms with E-state index in [-0.39, 0.29) is 18.9 Å². The van der Waals surface area contributed by atoms with Crippen molar-refractivity contribution in [1.29, 1.82) is 0 Å². The van der Waals surface area contributed by atoms with Crippen molar-refractivity contribution >= 4 is 44.0 Å². The molecule has 0 fully saturated rings. The van der Waals surface area contributed by atoms with Gasteiger partial charge in [-0.05, 0) is 55.9 Å². The fourth-order valence-electron chi connectivity index (χ4n) is 4.08. The van der Waals surface area contributed by atoms with E-state index in [1.807, 2.05) is 24.3 Å². The Morgan fingerprint density at radius 3 is 2.70 bits per heavy atom. The first kappa shape index (κ1) is 23.5. The van der Waals surface area contributed by atoms with E-state index in [1.54, 1.807) is 12.1 Å². The third kappa shape index (κ3) is 5.85. The molecule has 0 radical (unpaired) electrons. The van der Waals surface area contributed by atoms with Gasteiger partial charge in [0.25, 0.3) is 0 Å². The lowest BCUT2D eigenvalue weighted by Gasteiger charge is -2.14. The number of thiophene rings is 1. The van der Waals surface area contributed by atoms with Crippen molar-refractivity contribution < 1.29 is 22.7 Å². The molecule has 174 valence electrons. The molecule has 1 aromatic carbocycles. The molecule has 2 heterocycles. The number of carbonyl (C=O) groups excluding carboxylic acids is 2. The van der Waals surface area contributed by atoms with Crippen LogP contribution in [0.15, 0.2) is 36.4 Å². The molecular formula is C24H26N2O5S2. The predicted molar refractivity (Wildman–Crippen MR) is 128 cm³/mol. The van der Waals surface area contributed by atoms with E-state index >= 15 is 0 Å². The van der Waals surface area contributed by atoms with Gasteiger partial charge in [0.2, 0.25) is 15.8 Å². The topological polar surface area (TPSA) is 102 Å². The highest BCUT2D eigenvalue weighted by atomic mass is 32.2. The standard InChI is InChI=1S/C24H26N2O5S2/c1-33(29,30)25-14-13-16-11-12-22(32-16)21(27)15-31-24(28)23-17-7-3-2-4-9-19(17)26-20-10-6-5-8-18(20)23/h5-6,8,10-12,25H,2-4,7,9,13-15H2,1H3. The second-order valence-corrected chi connectivity index (χ2v) is 11.2. The van der Waals surface area contributed by atoms with Gasteiger partial charge in [-0.25, -0.2) is 17.9 Å². The van der Waals surface area contributed by atoms with Gasteiger partial charge in [-0.15, -0.1) is 11.3 Å². The Morgan fingerprint density at radius 1 is 1.09 bits per heavy atom. The van der Waals surface area contributed by atoms with Crippen molar-refractivity contribution in [1.82, 2.24) is 9.71 Å². The maximum Gasteiger partial charge on any atom is 0.339 e. The maximum atomic E-state index is 13.2. The molecule has 0 saturated carbocycles. The summed E-state index contributed by atoms with van der Waals surface area (Å²) in [7, 11) is -3.25. The number of hydrogen-bond acceptors (Lipinski definition) is 7. The molecule has 9 heteroatoms. The zero-order chi connectivity index (χ0) is 23.4. The fourth-order valence-corrected chi connectivity index (χ4v) is 5.48. The van der Waals surface area contributed by atoms with E-state index in [4.69, 9.17) is 9.72 Å². The molecule has 33 heavy (non-hydrogen) atoms. The number of benzene rings is 1. The molecule has 0 spiro atoms. The van der Waals surface area contributed by atoms with Crippen LogP contribution in [-0.4, -0.2) is 44.6 Å². The molecule has 0 saturated heterocycles. The van der Waals surface area contributed by atoms with Crippen LogP contribution in [0, 0.1) is 0 Å². The summed E-state index contributed by atoms with van der Waals surface area (Å²) in [6.45, 7) is -0.0754. The Morgan fingerprint density at radius 2 is 1.88 bits per heavy atom. The van der Waals surface area contributed by atoms with Crippen LogP contribution >= 0.6 is 11.3 Å². The van der Waals surface area contributed by atoms with Crippen LogP contribution < -0.4 is 4.72 Å². The Bertz CT molecular complexity index is 1300. The highest BCUT2D eigenvalue weighted by Gasteiger charge is 2.23. The average Bonchev–Trinajstić information content (AvgIpc) is 3.12. The van der Waals surface area contributed by atoms with Gasteiger partial charge in [0, 0.05) is 22.5 Å². The van der Waals surface area contributed by atoms with Crippen molar-refractivity contribution in [2.45, 2.75) is 38.5 Å². The number of pyridine rings is 1. The van der Waals surface area contributed by atoms with Gasteiger partial charge in [0.1, 0.15) is 0 Å². The minimum Gasteiger partial charge on any atom is -0.454 e. The number of Topliss-reactive ketones (excluding diaryl/α,β-unsaturated/α-hetero) is 1. The highest BCUT2D eigenvalue weighted by Crippen LogP contribution is 2.29. The molecule has 1 N–H and O–H groups in total. The van der Waals surface area contributed by atoms with Gasteiger partial charge in [-0.1, -0.05) is 24.6 Å². The minimum absolute atomic E-state index is 0.266. The van der Waals surface area contributed by atoms with Gasteiger partial charge in [-0.3, -0.25) is 9.78 Å². The number of rotatable bonds is 8. The molecule has 0 aliphatic heterocycles. The van der Waals surface area contributed by atoms with Crippen LogP contribution in [0.3, 0.4) is 0 Å². The van der Waals surface area contributed by atoms with Crippen LogP contribution in [0.5, 0.6) is 0 Å². The van der Waals surface area contributed by atoms with Crippen molar-refractivity contribution in [2.75, 3.05) is 19.4 Å². The summed E-state index contributed by atoms with van der Waals surface area (Å²) >= 11 is 1.28. The summed E-state index contributed by atoms with van der Waals surface area (Å²) < 4.78 is 30.3. The molecule has 2 aromatic heterocycles. The molecule has 0 unspecified atom stereocenters. The molecule has 0 bridgehead atoms. The Hall–Kier alpha value is -2.62. The highest BCUT2D eigenvalue weighted by molar-refractivity contribution is 7.88. The number of nitrogens with one attached hydrogen (secondary N) is 1. The fraction of sp³-hybridized carbons (Fsp3) is 0.375. The molecular weight excluding hydrogens is 460 g/mol. The summed E-state index contributed by atoms with van der Waals surface area (Å²) in [5.74, 6) is -0.769. The lowest BCUT2D eigenvalue weighted by Crippen LogP contribution is -2.24. The second-order valence-electron chi connectivity index (χ2n) is 8.17. The summed E-state index contributed by atoms with van der Waals surface area (Å²) in [5, 5.41) is 0.757. The molecule has 1 aliphatic carbocycles. The molecule has 4 rings (SSSR count). The molecule has 7 nitrogen and oxygen atoms in total. The number of hydrogen-bond donors (Lipinski definition) is 1. The lowest BCUT2D eigenvalue weighted by molar-refractivity contribution is 0.0476. The maximum absolute atomic E-state index is 13.2. The van der Waals surface area contributed by atoms with Crippen LogP contribution in [0.1, 0.15) is 55.4 Å². The normalized spacial score (nSPS) is 14.0. The first-order chi connectivity index (χ1) is 15.8. The van der Waals surface area contributed by atoms with Crippen LogP contribution in [0.2, 0.25) is 0 Å². The number of carbonyl (C=O) groups is 2. The minimum atomic E-state index is -3.25. The first-order valence-electron chi connectivity index (χ1n) is 11.0. The number of aryl methyl sites for hydroxylation is 1. The van der Waals surface area contributed by atoms with Gasteiger partial charge in [0.05, 0.1) is 22.2 Å². The van der Waals surface area contributed by atoms with E-state index in [2.05, 4.69) is 4.72 Å². The zero-order valence-corrected chi connectivity index (χ0v) is 20.1. The van der Waals surface area contributed by atoms with Crippen LogP contribution in [0.4, 0.5) is 0 Å². The summed E-state index contributed by atoms with van der Waals surface area (Å²) in [6.07, 6.45) is 6.35. The summed E-state index contributed by atoms with van der Waals surface area (Å²) in [5.41, 5.74) is 3.20. The molecule has 0 amide bonds. The number of para-hydroxylation sites is 1. The van der Waals surface area contributed by atoms with Crippen molar-refractivity contribution in [2.24, 2.45) is 0 Å². The summed E-state index contributed by atoms with van der Waals surface area (Å²) in [4.78, 5) is 31.9. The smallest absolute Gasteiger partial charge is 0.339 e. The number of esters is 1. The number of sulfonamides is 1. The Kier molecular flexibility index (Phi) is 7.21. The average molecular weight is 487 g/mol. The van der Waals surface area contributed by atoms with Gasteiger partial charge >= 0.3 is 5.97 Å². The van der Waals surface area contributed by atoms with Crippen molar-refractivity contribution in [3.8, 4) is 0 Å². The van der Waals surface area contributed by atoms with E-state index in [9.17, 15) is 18.0 Å². The monoisotopic (exact) mass is 486 g/mol. The van der Waals surface area contributed by atoms with Crippen molar-refractivity contribution in [3.63, 3.8) is 0 Å². The third-order valence-corrected chi connectivity index (χ3v) is 7.54. The first-order valence-corrected chi connectivity index (χ1v) is 13.7. The number of nitrogens with zero attached hydrogens (tertiary/aromatic N) is 1. The third-order valence-electron chi connectivity index (χ3n) is 5.63. The zero-order valence-electron chi connectivity index (χ0n) is 18.4. The van der Waals surface area contributed by atoms with Gasteiger partial charge in [0.15, 0.2) is 6.61 Å². The van der Waals surface area contributed by atoms with Crippen molar-refractivity contribution in [3.05, 3.63) is 63.0 Å². The largest absolute Gasteiger partial charge is 0.454 e. The Labute approximate surface area is 197 Å². The lowest BCUT2D eigenvalue weighted by atomic mass is 9.97. The van der Waals surface area contributed by atoms with Gasteiger partial charge in [-0.2, -0.15) is 0 Å². The Balaban J connectivity index is 1.47. The molecule has 1 aliphatic rings. The van der Waals surface area contributed by atoms with Gasteiger partial charge < -0.3 is 4.74 Å².